The molecule has 0 aliphatic heterocycles. The van der Waals surface area contributed by atoms with E-state index in [1.165, 1.54) is 0 Å². The smallest absolute Gasteiger partial charge is 0.211 e. The fourth-order valence-corrected chi connectivity index (χ4v) is 4.19. The Balaban J connectivity index is 4.43. The first-order chi connectivity index (χ1) is 7.84. The summed E-state index contributed by atoms with van der Waals surface area (Å²) in [6.07, 6.45) is 3.94. The Morgan fingerprint density at radius 1 is 1.35 bits per heavy atom. The molecule has 1 atom stereocenters. The maximum absolute atomic E-state index is 11.8. The van der Waals surface area contributed by atoms with Gasteiger partial charge in [-0.2, -0.15) is 11.8 Å². The summed E-state index contributed by atoms with van der Waals surface area (Å²) < 4.78 is 26.4. The molecule has 104 valence electrons. The van der Waals surface area contributed by atoms with Crippen LogP contribution in [0.25, 0.3) is 0 Å². The lowest BCUT2D eigenvalue weighted by Crippen LogP contribution is -2.41. The van der Waals surface area contributed by atoms with Gasteiger partial charge < -0.3 is 0 Å². The number of sulfonamides is 1. The Hall–Kier alpha value is 0.550. The minimum Gasteiger partial charge on any atom is -0.214 e. The predicted octanol–water partition coefficient (Wildman–Crippen LogP) is 2.70. The van der Waals surface area contributed by atoms with E-state index in [1.807, 2.05) is 13.2 Å². The second-order valence-corrected chi connectivity index (χ2v) is 7.89. The Morgan fingerprint density at radius 2 is 1.88 bits per heavy atom. The molecule has 0 radical (unpaired) electrons. The van der Waals surface area contributed by atoms with Gasteiger partial charge >= 0.3 is 0 Å². The minimum atomic E-state index is -3.20. The van der Waals surface area contributed by atoms with Gasteiger partial charge in [0.25, 0.3) is 0 Å². The summed E-state index contributed by atoms with van der Waals surface area (Å²) in [4.78, 5) is 0. The molecule has 0 aromatic rings. The zero-order chi connectivity index (χ0) is 13.5. The highest BCUT2D eigenvalue weighted by Gasteiger charge is 2.27. The number of hydrogen-bond donors (Lipinski definition) is 1. The molecule has 0 aliphatic carbocycles. The van der Waals surface area contributed by atoms with Crippen molar-refractivity contribution in [1.82, 2.24) is 4.72 Å². The molecular weight excluding hydrogens is 278 g/mol. The third-order valence-electron chi connectivity index (χ3n) is 3.10. The third kappa shape index (κ3) is 6.32. The minimum absolute atomic E-state index is 0.0112. The molecular formula is C11H24ClNO2S2. The largest absolute Gasteiger partial charge is 0.214 e. The maximum Gasteiger partial charge on any atom is 0.211 e. The molecule has 1 N–H and O–H groups in total. The predicted molar refractivity (Wildman–Crippen MR) is 78.5 cm³/mol. The van der Waals surface area contributed by atoms with Crippen LogP contribution in [0.5, 0.6) is 0 Å². The van der Waals surface area contributed by atoms with Gasteiger partial charge in [-0.05, 0) is 25.0 Å². The highest BCUT2D eigenvalue weighted by Crippen LogP contribution is 2.29. The van der Waals surface area contributed by atoms with Crippen molar-refractivity contribution in [2.75, 3.05) is 24.4 Å². The van der Waals surface area contributed by atoms with E-state index in [-0.39, 0.29) is 16.4 Å². The van der Waals surface area contributed by atoms with Crippen molar-refractivity contribution in [3.05, 3.63) is 0 Å². The van der Waals surface area contributed by atoms with E-state index in [0.29, 0.717) is 12.4 Å². The van der Waals surface area contributed by atoms with Crippen LogP contribution in [0, 0.1) is 5.92 Å². The zero-order valence-electron chi connectivity index (χ0n) is 11.1. The van der Waals surface area contributed by atoms with Crippen LogP contribution in [0.4, 0.5) is 0 Å². The van der Waals surface area contributed by atoms with Crippen molar-refractivity contribution >= 4 is 33.4 Å². The number of thioether (sulfide) groups is 1. The summed E-state index contributed by atoms with van der Waals surface area (Å²) in [5.74, 6) is 0.464. The molecule has 0 aromatic carbocycles. The lowest BCUT2D eigenvalue weighted by Gasteiger charge is -2.29. The van der Waals surface area contributed by atoms with Crippen LogP contribution in [0.2, 0.25) is 0 Å². The third-order valence-corrected chi connectivity index (χ3v) is 6.81. The first kappa shape index (κ1) is 17.6. The Labute approximate surface area is 115 Å². The van der Waals surface area contributed by atoms with Gasteiger partial charge in [-0.15, -0.1) is 11.6 Å². The van der Waals surface area contributed by atoms with E-state index in [1.54, 1.807) is 11.8 Å². The number of nitrogens with one attached hydrogen (secondary N) is 1. The molecule has 0 aliphatic rings. The number of rotatable bonds is 9. The van der Waals surface area contributed by atoms with Crippen molar-refractivity contribution in [2.24, 2.45) is 5.92 Å². The molecule has 0 saturated heterocycles. The molecule has 0 heterocycles. The van der Waals surface area contributed by atoms with Gasteiger partial charge in [-0.3, -0.25) is 0 Å². The van der Waals surface area contributed by atoms with Gasteiger partial charge in [-0.1, -0.05) is 20.8 Å². The highest BCUT2D eigenvalue weighted by molar-refractivity contribution is 8.00. The maximum atomic E-state index is 11.8. The van der Waals surface area contributed by atoms with E-state index in [9.17, 15) is 8.42 Å². The number of alkyl halides is 1. The molecule has 0 spiro atoms. The van der Waals surface area contributed by atoms with Gasteiger partial charge in [0, 0.05) is 17.2 Å². The normalized spacial score (nSPS) is 14.9. The summed E-state index contributed by atoms with van der Waals surface area (Å²) in [6, 6.07) is 0. The SMILES string of the molecule is CCC(CC)(CNS(=O)(=O)CC(C)CCl)SC. The molecule has 0 fully saturated rings. The monoisotopic (exact) mass is 301 g/mol. The van der Waals surface area contributed by atoms with Crippen molar-refractivity contribution in [3.8, 4) is 0 Å². The Kier molecular flexibility index (Phi) is 8.12. The average Bonchev–Trinajstić information content (AvgIpc) is 2.31. The molecule has 17 heavy (non-hydrogen) atoms. The lowest BCUT2D eigenvalue weighted by molar-refractivity contribution is 0.518. The fourth-order valence-electron chi connectivity index (χ4n) is 1.58. The van der Waals surface area contributed by atoms with Crippen LogP contribution in [0.15, 0.2) is 0 Å². The summed E-state index contributed by atoms with van der Waals surface area (Å²) in [6.45, 7) is 6.53. The second-order valence-electron chi connectivity index (χ2n) is 4.46. The topological polar surface area (TPSA) is 46.2 Å². The summed E-state index contributed by atoms with van der Waals surface area (Å²) >= 11 is 7.36. The van der Waals surface area contributed by atoms with Gasteiger partial charge in [0.1, 0.15) is 0 Å². The van der Waals surface area contributed by atoms with Gasteiger partial charge in [0.05, 0.1) is 5.75 Å². The van der Waals surface area contributed by atoms with Gasteiger partial charge in [-0.25, -0.2) is 13.1 Å². The van der Waals surface area contributed by atoms with Crippen LogP contribution in [0.3, 0.4) is 0 Å². The molecule has 0 saturated carbocycles. The van der Waals surface area contributed by atoms with Crippen molar-refractivity contribution < 1.29 is 8.42 Å². The second kappa shape index (κ2) is 7.87. The van der Waals surface area contributed by atoms with Crippen LogP contribution in [0.1, 0.15) is 33.6 Å². The average molecular weight is 302 g/mol. The molecule has 1 unspecified atom stereocenters. The van der Waals surface area contributed by atoms with Crippen molar-refractivity contribution in [1.29, 1.82) is 0 Å². The molecule has 6 heteroatoms. The molecule has 0 bridgehead atoms. The van der Waals surface area contributed by atoms with Crippen LogP contribution >= 0.6 is 23.4 Å². The first-order valence-corrected chi connectivity index (χ1v) is 9.34. The fraction of sp³-hybridized carbons (Fsp3) is 1.00. The summed E-state index contributed by atoms with van der Waals surface area (Å²) in [5, 5.41) is 0. The first-order valence-electron chi connectivity index (χ1n) is 5.93. The van der Waals surface area contributed by atoms with Crippen LogP contribution < -0.4 is 4.72 Å². The Bertz CT molecular complexity index is 294. The van der Waals surface area contributed by atoms with Crippen molar-refractivity contribution in [3.63, 3.8) is 0 Å². The molecule has 0 amide bonds. The molecule has 0 aromatic heterocycles. The summed E-state index contributed by atoms with van der Waals surface area (Å²) in [7, 11) is -3.20. The van der Waals surface area contributed by atoms with E-state index >= 15 is 0 Å². The van der Waals surface area contributed by atoms with Crippen molar-refractivity contribution in [2.45, 2.75) is 38.4 Å². The lowest BCUT2D eigenvalue weighted by atomic mass is 10.0. The van der Waals surface area contributed by atoms with E-state index in [2.05, 4.69) is 18.6 Å². The molecule has 0 rings (SSSR count). The van der Waals surface area contributed by atoms with Gasteiger partial charge in [0.15, 0.2) is 0 Å². The van der Waals surface area contributed by atoms with E-state index in [4.69, 9.17) is 11.6 Å². The quantitative estimate of drug-likeness (QED) is 0.666. The summed E-state index contributed by atoms with van der Waals surface area (Å²) in [5.41, 5.74) is 0. The molecule has 3 nitrogen and oxygen atoms in total. The van der Waals surface area contributed by atoms with Gasteiger partial charge in [0.2, 0.25) is 10.0 Å². The number of hydrogen-bond acceptors (Lipinski definition) is 3. The number of halogens is 1. The van der Waals surface area contributed by atoms with E-state index < -0.39 is 10.0 Å². The highest BCUT2D eigenvalue weighted by atomic mass is 35.5. The Morgan fingerprint density at radius 3 is 2.24 bits per heavy atom. The zero-order valence-corrected chi connectivity index (χ0v) is 13.5. The van der Waals surface area contributed by atoms with E-state index in [0.717, 1.165) is 12.8 Å². The van der Waals surface area contributed by atoms with Crippen LogP contribution in [-0.2, 0) is 10.0 Å². The van der Waals surface area contributed by atoms with Crippen LogP contribution in [-0.4, -0.2) is 37.6 Å². The standard InChI is InChI=1S/C11H24ClNO2S2/c1-5-11(6-2,16-4)9-13-17(14,15)8-10(3)7-12/h10,13H,5-9H2,1-4H3.